The standard InChI is InChI=1S/C18H18BrN3O4/c19-14-9-13(10-20-11-14)18(24)26-12-17(23)21-15-1-3-16(4-2-15)22-5-7-25-8-6-22/h1-4,9-11H,5-8,12H2,(H,21,23). The van der Waals surface area contributed by atoms with Crippen LogP contribution < -0.4 is 10.2 Å². The van der Waals surface area contributed by atoms with Crippen LogP contribution in [0.15, 0.2) is 47.2 Å². The van der Waals surface area contributed by atoms with E-state index in [2.05, 4.69) is 31.1 Å². The number of nitrogens with zero attached hydrogens (tertiary/aromatic N) is 2. The van der Waals surface area contributed by atoms with Gasteiger partial charge in [-0.05, 0) is 46.3 Å². The van der Waals surface area contributed by atoms with Gasteiger partial charge in [0.1, 0.15) is 0 Å². The van der Waals surface area contributed by atoms with Gasteiger partial charge in [-0.1, -0.05) is 0 Å². The average Bonchev–Trinajstić information content (AvgIpc) is 2.67. The summed E-state index contributed by atoms with van der Waals surface area (Å²) in [5.74, 6) is -1.00. The zero-order valence-electron chi connectivity index (χ0n) is 14.0. The van der Waals surface area contributed by atoms with Crippen molar-refractivity contribution >= 4 is 39.2 Å². The van der Waals surface area contributed by atoms with Gasteiger partial charge in [0, 0.05) is 41.3 Å². The number of carbonyl (C=O) groups is 2. The van der Waals surface area contributed by atoms with Crippen LogP contribution in [0.5, 0.6) is 0 Å². The molecule has 0 bridgehead atoms. The molecule has 0 spiro atoms. The van der Waals surface area contributed by atoms with E-state index in [9.17, 15) is 9.59 Å². The fraction of sp³-hybridized carbons (Fsp3) is 0.278. The van der Waals surface area contributed by atoms with E-state index in [1.807, 2.05) is 24.3 Å². The summed E-state index contributed by atoms with van der Waals surface area (Å²) in [5.41, 5.74) is 2.01. The molecular weight excluding hydrogens is 402 g/mol. The minimum atomic E-state index is -0.600. The lowest BCUT2D eigenvalue weighted by molar-refractivity contribution is -0.119. The van der Waals surface area contributed by atoms with Crippen LogP contribution in [0.4, 0.5) is 11.4 Å². The molecule has 2 heterocycles. The third kappa shape index (κ3) is 5.03. The van der Waals surface area contributed by atoms with Crippen LogP contribution in [-0.4, -0.2) is 49.8 Å². The Kier molecular flexibility index (Phi) is 6.19. The number of rotatable bonds is 5. The molecule has 136 valence electrons. The van der Waals surface area contributed by atoms with Crippen molar-refractivity contribution in [1.82, 2.24) is 4.98 Å². The number of hydrogen-bond donors (Lipinski definition) is 1. The number of nitrogens with one attached hydrogen (secondary N) is 1. The molecule has 2 aromatic rings. The summed E-state index contributed by atoms with van der Waals surface area (Å²) in [7, 11) is 0. The molecule has 1 aromatic heterocycles. The van der Waals surface area contributed by atoms with Gasteiger partial charge in [0.25, 0.3) is 5.91 Å². The summed E-state index contributed by atoms with van der Waals surface area (Å²) < 4.78 is 11.0. The number of aromatic nitrogens is 1. The number of halogens is 1. The number of pyridine rings is 1. The summed E-state index contributed by atoms with van der Waals surface area (Å²) in [6.07, 6.45) is 2.94. The second kappa shape index (κ2) is 8.77. The Morgan fingerprint density at radius 3 is 2.62 bits per heavy atom. The quantitative estimate of drug-likeness (QED) is 0.749. The molecule has 7 nitrogen and oxygen atoms in total. The minimum absolute atomic E-state index is 0.280. The topological polar surface area (TPSA) is 80.8 Å². The monoisotopic (exact) mass is 419 g/mol. The van der Waals surface area contributed by atoms with Gasteiger partial charge in [0.15, 0.2) is 6.61 Å². The molecule has 0 unspecified atom stereocenters. The number of morpholine rings is 1. The first-order valence-corrected chi connectivity index (χ1v) is 8.91. The first-order chi connectivity index (χ1) is 12.6. The molecule has 0 aliphatic carbocycles. The number of amides is 1. The lowest BCUT2D eigenvalue weighted by Crippen LogP contribution is -2.36. The Bertz CT molecular complexity index is 776. The predicted molar refractivity (Wildman–Crippen MR) is 100 cm³/mol. The maximum atomic E-state index is 12.0. The summed E-state index contributed by atoms with van der Waals surface area (Å²) in [4.78, 5) is 30.0. The van der Waals surface area contributed by atoms with E-state index in [0.29, 0.717) is 10.2 Å². The molecule has 3 rings (SSSR count). The molecule has 0 radical (unpaired) electrons. The Morgan fingerprint density at radius 1 is 1.19 bits per heavy atom. The van der Waals surface area contributed by atoms with Gasteiger partial charge in [0.2, 0.25) is 0 Å². The van der Waals surface area contributed by atoms with Gasteiger partial charge < -0.3 is 19.7 Å². The second-order valence-electron chi connectivity index (χ2n) is 5.66. The number of carbonyl (C=O) groups excluding carboxylic acids is 2. The van der Waals surface area contributed by atoms with Crippen molar-refractivity contribution in [3.63, 3.8) is 0 Å². The fourth-order valence-corrected chi connectivity index (χ4v) is 2.88. The van der Waals surface area contributed by atoms with Crippen LogP contribution in [0.2, 0.25) is 0 Å². The lowest BCUT2D eigenvalue weighted by atomic mass is 10.2. The van der Waals surface area contributed by atoms with Gasteiger partial charge in [-0.15, -0.1) is 0 Å². The first kappa shape index (κ1) is 18.3. The fourth-order valence-electron chi connectivity index (χ4n) is 2.51. The molecule has 1 saturated heterocycles. The van der Waals surface area contributed by atoms with E-state index in [1.165, 1.54) is 6.20 Å². The van der Waals surface area contributed by atoms with E-state index in [4.69, 9.17) is 9.47 Å². The Hall–Kier alpha value is -2.45. The third-order valence-electron chi connectivity index (χ3n) is 3.80. The van der Waals surface area contributed by atoms with Gasteiger partial charge in [-0.25, -0.2) is 4.79 Å². The number of esters is 1. The lowest BCUT2D eigenvalue weighted by Gasteiger charge is -2.28. The van der Waals surface area contributed by atoms with Gasteiger partial charge in [-0.3, -0.25) is 9.78 Å². The molecular formula is C18H18BrN3O4. The predicted octanol–water partition coefficient (Wildman–Crippen LogP) is 2.48. The highest BCUT2D eigenvalue weighted by Crippen LogP contribution is 2.19. The largest absolute Gasteiger partial charge is 0.452 e. The van der Waals surface area contributed by atoms with Gasteiger partial charge in [0.05, 0.1) is 18.8 Å². The van der Waals surface area contributed by atoms with Gasteiger partial charge >= 0.3 is 5.97 Å². The molecule has 1 amide bonds. The smallest absolute Gasteiger partial charge is 0.340 e. The SMILES string of the molecule is O=C(COC(=O)c1cncc(Br)c1)Nc1ccc(N2CCOCC2)cc1. The normalized spacial score (nSPS) is 14.0. The molecule has 1 aliphatic rings. The van der Waals surface area contributed by atoms with Crippen molar-refractivity contribution in [2.45, 2.75) is 0 Å². The van der Waals surface area contributed by atoms with E-state index < -0.39 is 11.9 Å². The minimum Gasteiger partial charge on any atom is -0.452 e. The van der Waals surface area contributed by atoms with Gasteiger partial charge in [-0.2, -0.15) is 0 Å². The third-order valence-corrected chi connectivity index (χ3v) is 4.24. The molecule has 1 fully saturated rings. The van der Waals surface area contributed by atoms with E-state index in [0.717, 1.165) is 32.0 Å². The van der Waals surface area contributed by atoms with E-state index >= 15 is 0 Å². The maximum Gasteiger partial charge on any atom is 0.340 e. The van der Waals surface area contributed by atoms with Crippen molar-refractivity contribution in [1.29, 1.82) is 0 Å². The molecule has 0 atom stereocenters. The number of anilines is 2. The first-order valence-electron chi connectivity index (χ1n) is 8.12. The highest BCUT2D eigenvalue weighted by atomic mass is 79.9. The van der Waals surface area contributed by atoms with Crippen molar-refractivity contribution in [3.8, 4) is 0 Å². The highest BCUT2D eigenvalue weighted by molar-refractivity contribution is 9.10. The van der Waals surface area contributed by atoms with Crippen molar-refractivity contribution in [3.05, 3.63) is 52.8 Å². The van der Waals surface area contributed by atoms with Crippen molar-refractivity contribution < 1.29 is 19.1 Å². The second-order valence-corrected chi connectivity index (χ2v) is 6.58. The molecule has 1 aromatic carbocycles. The average molecular weight is 420 g/mol. The molecule has 0 saturated carbocycles. The highest BCUT2D eigenvalue weighted by Gasteiger charge is 2.13. The van der Waals surface area contributed by atoms with E-state index in [-0.39, 0.29) is 12.2 Å². The van der Waals surface area contributed by atoms with Crippen LogP contribution in [0.3, 0.4) is 0 Å². The Labute approximate surface area is 159 Å². The molecule has 1 aliphatic heterocycles. The van der Waals surface area contributed by atoms with E-state index in [1.54, 1.807) is 12.3 Å². The summed E-state index contributed by atoms with van der Waals surface area (Å²) in [6, 6.07) is 9.11. The summed E-state index contributed by atoms with van der Waals surface area (Å²) >= 11 is 3.23. The zero-order chi connectivity index (χ0) is 18.4. The molecule has 8 heteroatoms. The number of hydrogen-bond acceptors (Lipinski definition) is 6. The summed E-state index contributed by atoms with van der Waals surface area (Å²) in [5, 5.41) is 2.71. The van der Waals surface area contributed by atoms with Crippen molar-refractivity contribution in [2.75, 3.05) is 43.1 Å². The summed E-state index contributed by atoms with van der Waals surface area (Å²) in [6.45, 7) is 2.78. The number of benzene rings is 1. The van der Waals surface area contributed by atoms with Crippen LogP contribution in [0.1, 0.15) is 10.4 Å². The van der Waals surface area contributed by atoms with Crippen LogP contribution in [0, 0.1) is 0 Å². The maximum absolute atomic E-state index is 12.0. The van der Waals surface area contributed by atoms with Crippen LogP contribution in [-0.2, 0) is 14.3 Å². The van der Waals surface area contributed by atoms with Crippen LogP contribution >= 0.6 is 15.9 Å². The Balaban J connectivity index is 1.49. The van der Waals surface area contributed by atoms with Crippen LogP contribution in [0.25, 0.3) is 0 Å². The Morgan fingerprint density at radius 2 is 1.92 bits per heavy atom. The number of ether oxygens (including phenoxy) is 2. The molecule has 26 heavy (non-hydrogen) atoms. The molecule has 1 N–H and O–H groups in total. The zero-order valence-corrected chi connectivity index (χ0v) is 15.6. The van der Waals surface area contributed by atoms with Crippen molar-refractivity contribution in [2.24, 2.45) is 0 Å².